The lowest BCUT2D eigenvalue weighted by Crippen LogP contribution is -2.12. The molecule has 66 valence electrons. The Labute approximate surface area is 72.8 Å². The van der Waals surface area contributed by atoms with Crippen molar-refractivity contribution >= 4 is 0 Å². The third-order valence-corrected chi connectivity index (χ3v) is 2.49. The maximum atomic E-state index is 4.33. The van der Waals surface area contributed by atoms with E-state index in [9.17, 15) is 0 Å². The zero-order valence-corrected chi connectivity index (χ0v) is 7.67. The van der Waals surface area contributed by atoms with Gasteiger partial charge in [0, 0.05) is 24.8 Å². The summed E-state index contributed by atoms with van der Waals surface area (Å²) in [6.07, 6.45) is 4.67. The number of nitrogens with zero attached hydrogens (tertiary/aromatic N) is 2. The fraction of sp³-hybridized carbons (Fsp3) is 0.667. The zero-order chi connectivity index (χ0) is 8.55. The smallest absolute Gasteiger partial charge is 0.0641 e. The third kappa shape index (κ3) is 1.25. The van der Waals surface area contributed by atoms with Crippen LogP contribution in [0.2, 0.25) is 0 Å². The average molecular weight is 165 g/mol. The summed E-state index contributed by atoms with van der Waals surface area (Å²) in [7, 11) is 1.98. The molecular weight excluding hydrogens is 150 g/mol. The van der Waals surface area contributed by atoms with Gasteiger partial charge in [-0.3, -0.25) is 4.68 Å². The number of aryl methyl sites for hydroxylation is 2. The van der Waals surface area contributed by atoms with Crippen LogP contribution in [0.4, 0.5) is 0 Å². The maximum absolute atomic E-state index is 4.33. The number of rotatable bonds is 1. The SMILES string of the molecule is Cc1nn(C)cc1[C@H]1CCCN1. The van der Waals surface area contributed by atoms with Crippen molar-refractivity contribution < 1.29 is 0 Å². The highest BCUT2D eigenvalue weighted by molar-refractivity contribution is 5.20. The van der Waals surface area contributed by atoms with E-state index in [1.165, 1.54) is 18.4 Å². The summed E-state index contributed by atoms with van der Waals surface area (Å²) in [6, 6.07) is 0.554. The van der Waals surface area contributed by atoms with Gasteiger partial charge < -0.3 is 5.32 Å². The molecule has 1 aromatic heterocycles. The van der Waals surface area contributed by atoms with Crippen LogP contribution in [0.15, 0.2) is 6.20 Å². The van der Waals surface area contributed by atoms with E-state index in [4.69, 9.17) is 0 Å². The third-order valence-electron chi connectivity index (χ3n) is 2.49. The normalized spacial score (nSPS) is 23.3. The molecule has 1 N–H and O–H groups in total. The summed E-state index contributed by atoms with van der Waals surface area (Å²) in [5.41, 5.74) is 2.53. The van der Waals surface area contributed by atoms with Crippen LogP contribution >= 0.6 is 0 Å². The molecule has 2 rings (SSSR count). The fourth-order valence-corrected chi connectivity index (χ4v) is 1.91. The van der Waals surface area contributed by atoms with Crippen molar-refractivity contribution in [3.63, 3.8) is 0 Å². The van der Waals surface area contributed by atoms with Gasteiger partial charge in [-0.2, -0.15) is 5.10 Å². The van der Waals surface area contributed by atoms with E-state index in [-0.39, 0.29) is 0 Å². The lowest BCUT2D eigenvalue weighted by molar-refractivity contribution is 0.643. The molecule has 0 amide bonds. The molecule has 1 aliphatic rings. The van der Waals surface area contributed by atoms with Gasteiger partial charge in [-0.15, -0.1) is 0 Å². The first-order valence-electron chi connectivity index (χ1n) is 4.51. The van der Waals surface area contributed by atoms with Crippen LogP contribution in [0, 0.1) is 6.92 Å². The molecule has 0 bridgehead atoms. The molecule has 0 saturated carbocycles. The van der Waals surface area contributed by atoms with Gasteiger partial charge in [0.05, 0.1) is 5.69 Å². The Morgan fingerprint density at radius 1 is 1.67 bits per heavy atom. The van der Waals surface area contributed by atoms with Gasteiger partial charge in [-0.1, -0.05) is 0 Å². The molecule has 3 nitrogen and oxygen atoms in total. The largest absolute Gasteiger partial charge is 0.310 e. The molecule has 1 saturated heterocycles. The summed E-state index contributed by atoms with van der Waals surface area (Å²) in [4.78, 5) is 0. The van der Waals surface area contributed by atoms with E-state index >= 15 is 0 Å². The molecule has 0 unspecified atom stereocenters. The summed E-state index contributed by atoms with van der Waals surface area (Å²) >= 11 is 0. The van der Waals surface area contributed by atoms with Crippen molar-refractivity contribution in [1.82, 2.24) is 15.1 Å². The van der Waals surface area contributed by atoms with Gasteiger partial charge in [0.2, 0.25) is 0 Å². The molecule has 1 aliphatic heterocycles. The highest BCUT2D eigenvalue weighted by Gasteiger charge is 2.19. The first kappa shape index (κ1) is 7.80. The van der Waals surface area contributed by atoms with E-state index in [0.717, 1.165) is 12.2 Å². The summed E-state index contributed by atoms with van der Waals surface area (Å²) in [5.74, 6) is 0. The summed E-state index contributed by atoms with van der Waals surface area (Å²) in [5, 5.41) is 7.81. The molecule has 0 aromatic carbocycles. The van der Waals surface area contributed by atoms with Gasteiger partial charge in [0.1, 0.15) is 0 Å². The lowest BCUT2D eigenvalue weighted by Gasteiger charge is -2.07. The number of nitrogens with one attached hydrogen (secondary N) is 1. The topological polar surface area (TPSA) is 29.9 Å². The number of aromatic nitrogens is 2. The Morgan fingerprint density at radius 2 is 2.50 bits per heavy atom. The minimum atomic E-state index is 0.554. The Kier molecular flexibility index (Phi) is 1.89. The Bertz CT molecular complexity index is 271. The second-order valence-electron chi connectivity index (χ2n) is 3.49. The standard InChI is InChI=1S/C9H15N3/c1-7-8(6-12(2)11-7)9-4-3-5-10-9/h6,9-10H,3-5H2,1-2H3/t9-/m1/s1. The molecular formula is C9H15N3. The molecule has 1 atom stereocenters. The predicted octanol–water partition coefficient (Wildman–Crippen LogP) is 1.15. The van der Waals surface area contributed by atoms with Crippen LogP contribution in [0.5, 0.6) is 0 Å². The van der Waals surface area contributed by atoms with Gasteiger partial charge in [-0.05, 0) is 26.3 Å². The second-order valence-corrected chi connectivity index (χ2v) is 3.49. The molecule has 0 aliphatic carbocycles. The monoisotopic (exact) mass is 165 g/mol. The van der Waals surface area contributed by atoms with Crippen molar-refractivity contribution in [2.24, 2.45) is 7.05 Å². The van der Waals surface area contributed by atoms with Gasteiger partial charge in [0.25, 0.3) is 0 Å². The highest BCUT2D eigenvalue weighted by Crippen LogP contribution is 2.24. The Hall–Kier alpha value is -0.830. The first-order chi connectivity index (χ1) is 5.77. The van der Waals surface area contributed by atoms with Crippen molar-refractivity contribution in [3.05, 3.63) is 17.5 Å². The number of hydrogen-bond donors (Lipinski definition) is 1. The molecule has 0 spiro atoms. The van der Waals surface area contributed by atoms with E-state index in [1.54, 1.807) is 0 Å². The minimum Gasteiger partial charge on any atom is -0.310 e. The van der Waals surface area contributed by atoms with Crippen molar-refractivity contribution in [3.8, 4) is 0 Å². The van der Waals surface area contributed by atoms with Crippen LogP contribution in [0.1, 0.15) is 30.1 Å². The predicted molar refractivity (Wildman–Crippen MR) is 47.9 cm³/mol. The molecule has 12 heavy (non-hydrogen) atoms. The van der Waals surface area contributed by atoms with E-state index in [1.807, 2.05) is 11.7 Å². The quantitative estimate of drug-likeness (QED) is 0.676. The van der Waals surface area contributed by atoms with Crippen LogP contribution in [0.25, 0.3) is 0 Å². The van der Waals surface area contributed by atoms with Crippen LogP contribution in [-0.2, 0) is 7.05 Å². The van der Waals surface area contributed by atoms with E-state index in [0.29, 0.717) is 6.04 Å². The van der Waals surface area contributed by atoms with E-state index in [2.05, 4.69) is 23.5 Å². The molecule has 2 heterocycles. The average Bonchev–Trinajstić information content (AvgIpc) is 2.58. The number of hydrogen-bond acceptors (Lipinski definition) is 2. The summed E-state index contributed by atoms with van der Waals surface area (Å²) < 4.78 is 1.89. The van der Waals surface area contributed by atoms with Gasteiger partial charge >= 0.3 is 0 Å². The van der Waals surface area contributed by atoms with Crippen molar-refractivity contribution in [2.45, 2.75) is 25.8 Å². The van der Waals surface area contributed by atoms with Gasteiger partial charge in [-0.25, -0.2) is 0 Å². The molecule has 0 radical (unpaired) electrons. The van der Waals surface area contributed by atoms with Crippen LogP contribution < -0.4 is 5.32 Å². The Balaban J connectivity index is 2.25. The second kappa shape index (κ2) is 2.90. The zero-order valence-electron chi connectivity index (χ0n) is 7.67. The van der Waals surface area contributed by atoms with Crippen molar-refractivity contribution in [1.29, 1.82) is 0 Å². The summed E-state index contributed by atoms with van der Waals surface area (Å²) in [6.45, 7) is 3.23. The maximum Gasteiger partial charge on any atom is 0.0641 e. The molecule has 1 aromatic rings. The highest BCUT2D eigenvalue weighted by atomic mass is 15.3. The first-order valence-corrected chi connectivity index (χ1v) is 4.51. The van der Waals surface area contributed by atoms with Gasteiger partial charge in [0.15, 0.2) is 0 Å². The lowest BCUT2D eigenvalue weighted by atomic mass is 10.1. The van der Waals surface area contributed by atoms with Crippen LogP contribution in [-0.4, -0.2) is 16.3 Å². The molecule has 3 heteroatoms. The van der Waals surface area contributed by atoms with E-state index < -0.39 is 0 Å². The van der Waals surface area contributed by atoms with Crippen LogP contribution in [0.3, 0.4) is 0 Å². The minimum absolute atomic E-state index is 0.554. The fourth-order valence-electron chi connectivity index (χ4n) is 1.91. The molecule has 1 fully saturated rings. The van der Waals surface area contributed by atoms with Crippen molar-refractivity contribution in [2.75, 3.05) is 6.54 Å². The Morgan fingerprint density at radius 3 is 3.00 bits per heavy atom.